The molecule has 0 bridgehead atoms. The van der Waals surface area contributed by atoms with E-state index in [1.54, 1.807) is 0 Å². The van der Waals surface area contributed by atoms with Gasteiger partial charge in [0, 0.05) is 19.1 Å². The molecule has 20 heavy (non-hydrogen) atoms. The number of thioether (sulfide) groups is 1. The lowest BCUT2D eigenvalue weighted by molar-refractivity contribution is -0.136. The first-order valence-corrected chi connectivity index (χ1v) is 6.77. The summed E-state index contributed by atoms with van der Waals surface area (Å²) in [5.74, 6) is -0.950. The summed E-state index contributed by atoms with van der Waals surface area (Å²) in [6.07, 6.45) is 0.0484. The Morgan fingerprint density at radius 3 is 2.65 bits per heavy atom. The number of rotatable bonds is 4. The highest BCUT2D eigenvalue weighted by atomic mass is 32.2. The Hall–Kier alpha value is -1.80. The normalized spacial score (nSPS) is 18.5. The van der Waals surface area contributed by atoms with Gasteiger partial charge in [-0.15, -0.1) is 0 Å². The van der Waals surface area contributed by atoms with E-state index in [4.69, 9.17) is 10.5 Å². The van der Waals surface area contributed by atoms with Gasteiger partial charge in [-0.25, -0.2) is 4.79 Å². The van der Waals surface area contributed by atoms with E-state index in [1.807, 2.05) is 0 Å². The van der Waals surface area contributed by atoms with Crippen LogP contribution in [0, 0.1) is 0 Å². The highest BCUT2D eigenvalue weighted by Crippen LogP contribution is 2.40. The number of nitrogens with two attached hydrogens (primary N) is 1. The summed E-state index contributed by atoms with van der Waals surface area (Å²) in [6, 6.07) is 0. The maximum atomic E-state index is 12.1. The summed E-state index contributed by atoms with van der Waals surface area (Å²) >= 11 is 1.24. The van der Waals surface area contributed by atoms with Gasteiger partial charge in [0.2, 0.25) is 5.91 Å². The number of ether oxygens (including phenoxy) is 2. The third kappa shape index (κ3) is 2.32. The SMILES string of the molecule is COCC(=O)C1=C2SCC(=O)N2C(N)=C(C(=O)OC)C1. The fraction of sp³-hybridized carbons (Fsp3) is 0.417. The molecule has 0 radical (unpaired) electrons. The Morgan fingerprint density at radius 2 is 2.05 bits per heavy atom. The Balaban J connectivity index is 2.45. The largest absolute Gasteiger partial charge is 0.466 e. The number of ketones is 1. The van der Waals surface area contributed by atoms with E-state index in [9.17, 15) is 14.4 Å². The van der Waals surface area contributed by atoms with Crippen molar-refractivity contribution in [3.8, 4) is 0 Å². The Kier molecular flexibility index (Phi) is 4.15. The molecule has 108 valence electrons. The van der Waals surface area contributed by atoms with Crippen molar-refractivity contribution in [2.24, 2.45) is 5.73 Å². The number of carbonyl (C=O) groups excluding carboxylic acids is 3. The molecule has 0 aromatic heterocycles. The van der Waals surface area contributed by atoms with Crippen molar-refractivity contribution in [3.05, 3.63) is 22.0 Å². The average Bonchev–Trinajstić information content (AvgIpc) is 2.81. The number of hydrogen-bond donors (Lipinski definition) is 1. The van der Waals surface area contributed by atoms with Gasteiger partial charge < -0.3 is 15.2 Å². The van der Waals surface area contributed by atoms with Gasteiger partial charge in [-0.2, -0.15) is 0 Å². The second-order valence-electron chi connectivity index (χ2n) is 4.19. The van der Waals surface area contributed by atoms with E-state index in [1.165, 1.54) is 30.9 Å². The Morgan fingerprint density at radius 1 is 1.35 bits per heavy atom. The summed E-state index contributed by atoms with van der Waals surface area (Å²) in [5.41, 5.74) is 6.34. The standard InChI is InChI=1S/C12H14N2O5S/c1-18-4-8(15)6-3-7(12(17)19-2)10(13)14-9(16)5-20-11(6)14/h3-5,13H2,1-2H3. The highest BCUT2D eigenvalue weighted by molar-refractivity contribution is 8.04. The fourth-order valence-corrected chi connectivity index (χ4v) is 3.13. The van der Waals surface area contributed by atoms with Crippen molar-refractivity contribution in [2.45, 2.75) is 6.42 Å². The van der Waals surface area contributed by atoms with Crippen LogP contribution in [0.2, 0.25) is 0 Å². The minimum Gasteiger partial charge on any atom is -0.466 e. The van der Waals surface area contributed by atoms with Crippen molar-refractivity contribution in [2.75, 3.05) is 26.6 Å². The van der Waals surface area contributed by atoms with E-state index >= 15 is 0 Å². The molecule has 2 N–H and O–H groups in total. The van der Waals surface area contributed by atoms with Gasteiger partial charge in [0.1, 0.15) is 12.4 Å². The number of fused-ring (bicyclic) bond motifs is 1. The van der Waals surface area contributed by atoms with Gasteiger partial charge in [0.15, 0.2) is 5.78 Å². The quantitative estimate of drug-likeness (QED) is 0.714. The van der Waals surface area contributed by atoms with E-state index < -0.39 is 5.97 Å². The molecular formula is C12H14N2O5S. The molecule has 2 aliphatic rings. The number of methoxy groups -OCH3 is 2. The topological polar surface area (TPSA) is 98.9 Å². The zero-order valence-electron chi connectivity index (χ0n) is 11.1. The number of hydrogen-bond acceptors (Lipinski definition) is 7. The monoisotopic (exact) mass is 298 g/mol. The third-order valence-corrected chi connectivity index (χ3v) is 4.08. The lowest BCUT2D eigenvalue weighted by atomic mass is 9.99. The average molecular weight is 298 g/mol. The van der Waals surface area contributed by atoms with Gasteiger partial charge in [-0.05, 0) is 0 Å². The molecule has 1 fully saturated rings. The lowest BCUT2D eigenvalue weighted by Crippen LogP contribution is -2.36. The predicted octanol–water partition coefficient (Wildman–Crippen LogP) is -0.264. The van der Waals surface area contributed by atoms with Crippen LogP contribution in [0.5, 0.6) is 0 Å². The van der Waals surface area contributed by atoms with Crippen LogP contribution in [0.4, 0.5) is 0 Å². The molecule has 0 aromatic rings. The zero-order valence-corrected chi connectivity index (χ0v) is 11.9. The van der Waals surface area contributed by atoms with Crippen LogP contribution in [-0.4, -0.2) is 49.1 Å². The van der Waals surface area contributed by atoms with Gasteiger partial charge in [-0.1, -0.05) is 11.8 Å². The summed E-state index contributed by atoms with van der Waals surface area (Å²) in [6.45, 7) is -0.115. The molecule has 0 atom stereocenters. The van der Waals surface area contributed by atoms with Crippen molar-refractivity contribution in [3.63, 3.8) is 0 Å². The van der Waals surface area contributed by atoms with Crippen LogP contribution < -0.4 is 5.73 Å². The van der Waals surface area contributed by atoms with Crippen molar-refractivity contribution in [1.82, 2.24) is 4.90 Å². The predicted molar refractivity (Wildman–Crippen MR) is 71.1 cm³/mol. The van der Waals surface area contributed by atoms with Crippen LogP contribution >= 0.6 is 11.8 Å². The molecule has 0 spiro atoms. The van der Waals surface area contributed by atoms with E-state index in [0.29, 0.717) is 10.6 Å². The summed E-state index contributed by atoms with van der Waals surface area (Å²) in [7, 11) is 2.63. The molecular weight excluding hydrogens is 284 g/mol. The third-order valence-electron chi connectivity index (χ3n) is 2.99. The molecule has 1 amide bonds. The first-order chi connectivity index (χ1) is 9.51. The zero-order chi connectivity index (χ0) is 14.9. The number of Topliss-reactive ketones (excluding diaryl/α,β-unsaturated/α-hetero) is 1. The molecule has 2 aliphatic heterocycles. The molecule has 0 saturated carbocycles. The van der Waals surface area contributed by atoms with Crippen LogP contribution in [-0.2, 0) is 23.9 Å². The Bertz CT molecular complexity index is 552. The van der Waals surface area contributed by atoms with Crippen molar-refractivity contribution in [1.29, 1.82) is 0 Å². The maximum absolute atomic E-state index is 12.1. The van der Waals surface area contributed by atoms with Crippen LogP contribution in [0.3, 0.4) is 0 Å². The molecule has 0 aliphatic carbocycles. The number of esters is 1. The molecule has 2 heterocycles. The molecule has 1 saturated heterocycles. The fourth-order valence-electron chi connectivity index (χ4n) is 2.05. The van der Waals surface area contributed by atoms with Crippen LogP contribution in [0.25, 0.3) is 0 Å². The van der Waals surface area contributed by atoms with Crippen molar-refractivity contribution < 1.29 is 23.9 Å². The molecule has 2 rings (SSSR count). The van der Waals surface area contributed by atoms with Crippen LogP contribution in [0.15, 0.2) is 22.0 Å². The van der Waals surface area contributed by atoms with E-state index in [2.05, 4.69) is 4.74 Å². The number of amides is 1. The molecule has 0 aromatic carbocycles. The van der Waals surface area contributed by atoms with E-state index in [-0.39, 0.29) is 41.9 Å². The molecule has 8 heteroatoms. The molecule has 7 nitrogen and oxygen atoms in total. The Labute approximate surface area is 119 Å². The maximum Gasteiger partial charge on any atom is 0.337 e. The number of carbonyl (C=O) groups is 3. The van der Waals surface area contributed by atoms with Crippen LogP contribution in [0.1, 0.15) is 6.42 Å². The first-order valence-electron chi connectivity index (χ1n) is 5.79. The van der Waals surface area contributed by atoms with Gasteiger partial charge in [0.25, 0.3) is 0 Å². The number of nitrogens with zero attached hydrogens (tertiary/aromatic N) is 1. The van der Waals surface area contributed by atoms with Gasteiger partial charge >= 0.3 is 5.97 Å². The summed E-state index contributed by atoms with van der Waals surface area (Å²) in [5, 5.41) is 0.488. The first kappa shape index (κ1) is 14.6. The highest BCUT2D eigenvalue weighted by Gasteiger charge is 2.39. The second kappa shape index (κ2) is 5.68. The minimum atomic E-state index is -0.644. The summed E-state index contributed by atoms with van der Waals surface area (Å²) < 4.78 is 9.47. The second-order valence-corrected chi connectivity index (χ2v) is 5.15. The minimum absolute atomic E-state index is 0.0378. The summed E-state index contributed by atoms with van der Waals surface area (Å²) in [4.78, 5) is 36.9. The van der Waals surface area contributed by atoms with Gasteiger partial charge in [-0.3, -0.25) is 14.5 Å². The molecule has 0 unspecified atom stereocenters. The van der Waals surface area contributed by atoms with E-state index in [0.717, 1.165) is 0 Å². The smallest absolute Gasteiger partial charge is 0.337 e. The van der Waals surface area contributed by atoms with Crippen molar-refractivity contribution >= 4 is 29.4 Å². The lowest BCUT2D eigenvalue weighted by Gasteiger charge is -2.27. The van der Waals surface area contributed by atoms with Gasteiger partial charge in [0.05, 0.1) is 23.5 Å².